The molecule has 0 radical (unpaired) electrons. The van der Waals surface area contributed by atoms with E-state index >= 15 is 0 Å². The van der Waals surface area contributed by atoms with Crippen molar-refractivity contribution in [3.8, 4) is 0 Å². The second-order valence-electron chi connectivity index (χ2n) is 3.56. The maximum absolute atomic E-state index is 6.21. The zero-order valence-electron chi connectivity index (χ0n) is 9.29. The first-order valence-corrected chi connectivity index (χ1v) is 7.38. The molecule has 86 valence electrons. The van der Waals surface area contributed by atoms with E-state index in [1.165, 1.54) is 15.3 Å². The normalized spacial score (nSPS) is 12.9. The van der Waals surface area contributed by atoms with Gasteiger partial charge in [0.25, 0.3) is 0 Å². The lowest BCUT2D eigenvalue weighted by Crippen LogP contribution is -2.21. The molecular weight excluding hydrogens is 258 g/mol. The lowest BCUT2D eigenvalue weighted by Gasteiger charge is -2.17. The molecule has 16 heavy (non-hydrogen) atoms. The summed E-state index contributed by atoms with van der Waals surface area (Å²) in [6.45, 7) is 5.22. The Bertz CT molecular complexity index is 421. The van der Waals surface area contributed by atoms with Crippen molar-refractivity contribution in [2.45, 2.75) is 19.9 Å². The lowest BCUT2D eigenvalue weighted by molar-refractivity contribution is 0.639. The Morgan fingerprint density at radius 1 is 1.31 bits per heavy atom. The van der Waals surface area contributed by atoms with Crippen LogP contribution in [-0.4, -0.2) is 6.54 Å². The number of halogens is 1. The van der Waals surface area contributed by atoms with Crippen molar-refractivity contribution in [3.05, 3.63) is 43.2 Å². The molecule has 0 saturated heterocycles. The molecule has 4 heteroatoms. The minimum atomic E-state index is 0.240. The van der Waals surface area contributed by atoms with Crippen LogP contribution in [0.15, 0.2) is 22.9 Å². The predicted octanol–water partition coefficient (Wildman–Crippen LogP) is 4.47. The number of rotatable bonds is 4. The molecule has 0 aliphatic carbocycles. The number of hydrogen-bond donors (Lipinski definition) is 1. The van der Waals surface area contributed by atoms with Gasteiger partial charge in [0.2, 0.25) is 0 Å². The van der Waals surface area contributed by atoms with Gasteiger partial charge in [0, 0.05) is 9.75 Å². The molecule has 0 aliphatic rings. The van der Waals surface area contributed by atoms with Crippen molar-refractivity contribution in [2.24, 2.45) is 0 Å². The Hall–Kier alpha value is -0.350. The summed E-state index contributed by atoms with van der Waals surface area (Å²) in [5, 5.41) is 8.55. The topological polar surface area (TPSA) is 12.0 Å². The average molecular weight is 272 g/mol. The molecule has 0 fully saturated rings. The minimum absolute atomic E-state index is 0.240. The molecule has 1 atom stereocenters. The van der Waals surface area contributed by atoms with Gasteiger partial charge in [-0.15, -0.1) is 22.7 Å². The van der Waals surface area contributed by atoms with Gasteiger partial charge in [0.05, 0.1) is 11.1 Å². The van der Waals surface area contributed by atoms with E-state index in [9.17, 15) is 0 Å². The molecule has 0 spiro atoms. The zero-order valence-corrected chi connectivity index (χ0v) is 11.7. The summed E-state index contributed by atoms with van der Waals surface area (Å²) >= 11 is 9.71. The minimum Gasteiger partial charge on any atom is -0.306 e. The molecule has 0 amide bonds. The summed E-state index contributed by atoms with van der Waals surface area (Å²) in [6.07, 6.45) is 0. The predicted molar refractivity (Wildman–Crippen MR) is 73.9 cm³/mol. The number of aryl methyl sites for hydroxylation is 1. The molecule has 2 heterocycles. The summed E-state index contributed by atoms with van der Waals surface area (Å²) in [5.74, 6) is 0. The van der Waals surface area contributed by atoms with Crippen LogP contribution >= 0.6 is 34.3 Å². The standard InChI is InChI=1S/C12H14ClNS2/c1-3-14-11(9-4-6-15-8(9)2)12-10(13)5-7-16-12/h4-7,11,14H,3H2,1-2H3. The second kappa shape index (κ2) is 5.32. The SMILES string of the molecule is CCNC(c1ccsc1C)c1sccc1Cl. The molecule has 1 N–H and O–H groups in total. The van der Waals surface area contributed by atoms with Crippen molar-refractivity contribution in [1.82, 2.24) is 5.32 Å². The molecule has 1 unspecified atom stereocenters. The highest BCUT2D eigenvalue weighted by Crippen LogP contribution is 2.35. The van der Waals surface area contributed by atoms with Crippen LogP contribution in [0.3, 0.4) is 0 Å². The van der Waals surface area contributed by atoms with Crippen LogP contribution in [0.4, 0.5) is 0 Å². The Morgan fingerprint density at radius 2 is 2.06 bits per heavy atom. The van der Waals surface area contributed by atoms with Crippen molar-refractivity contribution in [3.63, 3.8) is 0 Å². The van der Waals surface area contributed by atoms with Crippen LogP contribution < -0.4 is 5.32 Å². The van der Waals surface area contributed by atoms with Gasteiger partial charge in [-0.1, -0.05) is 18.5 Å². The van der Waals surface area contributed by atoms with E-state index in [2.05, 4.69) is 30.6 Å². The second-order valence-corrected chi connectivity index (χ2v) is 6.03. The van der Waals surface area contributed by atoms with E-state index < -0.39 is 0 Å². The van der Waals surface area contributed by atoms with Crippen molar-refractivity contribution >= 4 is 34.3 Å². The summed E-state index contributed by atoms with van der Waals surface area (Å²) in [4.78, 5) is 2.57. The maximum atomic E-state index is 6.21. The van der Waals surface area contributed by atoms with Gasteiger partial charge in [-0.3, -0.25) is 0 Å². The summed E-state index contributed by atoms with van der Waals surface area (Å²) in [7, 11) is 0. The molecular formula is C12H14ClNS2. The quantitative estimate of drug-likeness (QED) is 0.865. The highest BCUT2D eigenvalue weighted by molar-refractivity contribution is 7.11. The first-order chi connectivity index (χ1) is 7.74. The van der Waals surface area contributed by atoms with Gasteiger partial charge in [0.1, 0.15) is 0 Å². The highest BCUT2D eigenvalue weighted by atomic mass is 35.5. The fraction of sp³-hybridized carbons (Fsp3) is 0.333. The number of hydrogen-bond acceptors (Lipinski definition) is 3. The van der Waals surface area contributed by atoms with Gasteiger partial charge in [-0.25, -0.2) is 0 Å². The molecule has 0 aromatic carbocycles. The highest BCUT2D eigenvalue weighted by Gasteiger charge is 2.19. The molecule has 0 aliphatic heterocycles. The first kappa shape index (κ1) is 12.1. The van der Waals surface area contributed by atoms with Crippen molar-refractivity contribution < 1.29 is 0 Å². The van der Waals surface area contributed by atoms with Gasteiger partial charge in [0.15, 0.2) is 0 Å². The first-order valence-electron chi connectivity index (χ1n) is 5.24. The van der Waals surface area contributed by atoms with E-state index in [1.54, 1.807) is 22.7 Å². The Morgan fingerprint density at radius 3 is 2.56 bits per heavy atom. The van der Waals surface area contributed by atoms with Gasteiger partial charge >= 0.3 is 0 Å². The number of thiophene rings is 2. The summed E-state index contributed by atoms with van der Waals surface area (Å²) in [5.41, 5.74) is 1.34. The molecule has 2 aromatic heterocycles. The third-order valence-corrected chi connectivity index (χ3v) is 4.81. The van der Waals surface area contributed by atoms with E-state index in [4.69, 9.17) is 11.6 Å². The number of nitrogens with one attached hydrogen (secondary N) is 1. The maximum Gasteiger partial charge on any atom is 0.0696 e. The largest absolute Gasteiger partial charge is 0.306 e. The van der Waals surface area contributed by atoms with Crippen molar-refractivity contribution in [2.75, 3.05) is 6.54 Å². The van der Waals surface area contributed by atoms with Crippen LogP contribution in [0.25, 0.3) is 0 Å². The Labute approximate surface area is 109 Å². The Kier molecular flexibility index (Phi) is 4.03. The van der Waals surface area contributed by atoms with Crippen molar-refractivity contribution in [1.29, 1.82) is 0 Å². The molecule has 1 nitrogen and oxygen atoms in total. The van der Waals surface area contributed by atoms with E-state index in [-0.39, 0.29) is 6.04 Å². The van der Waals surface area contributed by atoms with Crippen LogP contribution in [0, 0.1) is 6.92 Å². The zero-order chi connectivity index (χ0) is 11.5. The fourth-order valence-corrected chi connectivity index (χ4v) is 3.75. The molecule has 0 bridgehead atoms. The lowest BCUT2D eigenvalue weighted by atomic mass is 10.1. The summed E-state index contributed by atoms with van der Waals surface area (Å²) in [6, 6.07) is 4.39. The van der Waals surface area contributed by atoms with Gasteiger partial charge in [-0.2, -0.15) is 0 Å². The fourth-order valence-electron chi connectivity index (χ4n) is 1.75. The third kappa shape index (κ3) is 2.33. The smallest absolute Gasteiger partial charge is 0.0696 e. The Balaban J connectivity index is 2.39. The third-order valence-electron chi connectivity index (χ3n) is 2.53. The van der Waals surface area contributed by atoms with Gasteiger partial charge in [-0.05, 0) is 41.9 Å². The monoisotopic (exact) mass is 271 g/mol. The van der Waals surface area contributed by atoms with E-state index in [0.717, 1.165) is 11.6 Å². The van der Waals surface area contributed by atoms with Crippen LogP contribution in [-0.2, 0) is 0 Å². The summed E-state index contributed by atoms with van der Waals surface area (Å²) < 4.78 is 0. The molecule has 2 aromatic rings. The van der Waals surface area contributed by atoms with Crippen LogP contribution in [0.1, 0.15) is 28.3 Å². The molecule has 0 saturated carbocycles. The average Bonchev–Trinajstić information content (AvgIpc) is 2.84. The van der Waals surface area contributed by atoms with E-state index in [1.807, 2.05) is 11.4 Å². The van der Waals surface area contributed by atoms with Crippen LogP contribution in [0.5, 0.6) is 0 Å². The van der Waals surface area contributed by atoms with E-state index in [0.29, 0.717) is 0 Å². The molecule has 2 rings (SSSR count). The van der Waals surface area contributed by atoms with Gasteiger partial charge < -0.3 is 5.32 Å². The van der Waals surface area contributed by atoms with Crippen LogP contribution in [0.2, 0.25) is 5.02 Å².